The maximum absolute atomic E-state index is 11.3. The van der Waals surface area contributed by atoms with E-state index in [0.717, 1.165) is 12.1 Å². The van der Waals surface area contributed by atoms with Crippen LogP contribution in [-0.4, -0.2) is 11.0 Å². The lowest BCUT2D eigenvalue weighted by atomic mass is 10.1. The van der Waals surface area contributed by atoms with Gasteiger partial charge in [0.2, 0.25) is 5.91 Å². The molecule has 0 aromatic heterocycles. The van der Waals surface area contributed by atoms with Gasteiger partial charge in [-0.2, -0.15) is 0 Å². The van der Waals surface area contributed by atoms with Crippen LogP contribution in [0.15, 0.2) is 18.2 Å². The molecule has 0 spiro atoms. The Morgan fingerprint density at radius 1 is 1.29 bits per heavy atom. The molecule has 3 nitrogen and oxygen atoms in total. The first-order chi connectivity index (χ1) is 8.02. The quantitative estimate of drug-likeness (QED) is 0.810. The Morgan fingerprint density at radius 3 is 2.59 bits per heavy atom. The Labute approximate surface area is 108 Å². The number of aryl methyl sites for hydroxylation is 2. The average molecular weight is 250 g/mol. The number of hydrogen-bond donors (Lipinski definition) is 2. The van der Waals surface area contributed by atoms with Gasteiger partial charge < -0.3 is 10.6 Å². The molecular formula is C13H18N2OS. The number of amides is 1. The Morgan fingerprint density at radius 2 is 2.00 bits per heavy atom. The number of carbonyl (C=O) groups is 1. The Bertz CT molecular complexity index is 429. The van der Waals surface area contributed by atoms with Crippen molar-refractivity contribution < 1.29 is 4.79 Å². The smallest absolute Gasteiger partial charge is 0.226 e. The summed E-state index contributed by atoms with van der Waals surface area (Å²) in [5, 5.41) is 6.00. The van der Waals surface area contributed by atoms with E-state index in [1.807, 2.05) is 32.0 Å². The van der Waals surface area contributed by atoms with Gasteiger partial charge in [-0.25, -0.2) is 0 Å². The van der Waals surface area contributed by atoms with Gasteiger partial charge in [0, 0.05) is 12.1 Å². The summed E-state index contributed by atoms with van der Waals surface area (Å²) in [6.45, 7) is 6.05. The Kier molecular flexibility index (Phi) is 5.10. The van der Waals surface area contributed by atoms with Gasteiger partial charge >= 0.3 is 0 Å². The van der Waals surface area contributed by atoms with Crippen molar-refractivity contribution >= 4 is 28.9 Å². The third kappa shape index (κ3) is 4.53. The topological polar surface area (TPSA) is 41.1 Å². The zero-order valence-corrected chi connectivity index (χ0v) is 11.3. The van der Waals surface area contributed by atoms with E-state index < -0.39 is 0 Å². The number of benzene rings is 1. The molecule has 0 atom stereocenters. The van der Waals surface area contributed by atoms with Crippen molar-refractivity contribution in [3.05, 3.63) is 29.3 Å². The summed E-state index contributed by atoms with van der Waals surface area (Å²) in [4.78, 5) is 11.3. The highest BCUT2D eigenvalue weighted by molar-refractivity contribution is 7.80. The van der Waals surface area contributed by atoms with Crippen molar-refractivity contribution in [2.75, 3.05) is 5.32 Å². The van der Waals surface area contributed by atoms with Crippen LogP contribution in [0.3, 0.4) is 0 Å². The van der Waals surface area contributed by atoms with Gasteiger partial charge in [0.25, 0.3) is 0 Å². The minimum Gasteiger partial charge on any atom is -0.332 e. The summed E-state index contributed by atoms with van der Waals surface area (Å²) < 4.78 is 0. The van der Waals surface area contributed by atoms with Crippen LogP contribution in [-0.2, 0) is 4.79 Å². The second kappa shape index (κ2) is 6.35. The highest BCUT2D eigenvalue weighted by Gasteiger charge is 2.03. The third-order valence-electron chi connectivity index (χ3n) is 2.49. The molecule has 0 aliphatic carbocycles. The molecule has 0 unspecified atom stereocenters. The molecule has 0 fully saturated rings. The number of hydrogen-bond acceptors (Lipinski definition) is 2. The van der Waals surface area contributed by atoms with E-state index in [4.69, 9.17) is 12.2 Å². The first kappa shape index (κ1) is 13.6. The fourth-order valence-electron chi connectivity index (χ4n) is 1.40. The molecule has 0 saturated carbocycles. The Balaban J connectivity index is 2.56. The molecular weight excluding hydrogens is 232 g/mol. The minimum atomic E-state index is -0.0474. The van der Waals surface area contributed by atoms with Crippen molar-refractivity contribution in [3.63, 3.8) is 0 Å². The van der Waals surface area contributed by atoms with E-state index >= 15 is 0 Å². The van der Waals surface area contributed by atoms with Crippen LogP contribution in [0.4, 0.5) is 5.69 Å². The van der Waals surface area contributed by atoms with Crippen LogP contribution in [0.5, 0.6) is 0 Å². The van der Waals surface area contributed by atoms with E-state index in [1.165, 1.54) is 11.1 Å². The van der Waals surface area contributed by atoms with E-state index in [1.54, 1.807) is 0 Å². The summed E-state index contributed by atoms with van der Waals surface area (Å²) in [7, 11) is 0. The van der Waals surface area contributed by atoms with Crippen LogP contribution < -0.4 is 10.6 Å². The second-order valence-corrected chi connectivity index (χ2v) is 4.46. The number of rotatable bonds is 3. The summed E-state index contributed by atoms with van der Waals surface area (Å²) in [5.41, 5.74) is 3.32. The van der Waals surface area contributed by atoms with Crippen LogP contribution >= 0.6 is 12.2 Å². The molecule has 4 heteroatoms. The van der Waals surface area contributed by atoms with Crippen molar-refractivity contribution in [1.29, 1.82) is 0 Å². The van der Waals surface area contributed by atoms with Gasteiger partial charge in [0.05, 0.1) is 0 Å². The summed E-state index contributed by atoms with van der Waals surface area (Å²) in [5.74, 6) is -0.0474. The van der Waals surface area contributed by atoms with E-state index in [-0.39, 0.29) is 5.91 Å². The molecule has 1 rings (SSSR count). The molecule has 92 valence electrons. The van der Waals surface area contributed by atoms with Gasteiger partial charge in [-0.05, 0) is 55.7 Å². The van der Waals surface area contributed by atoms with E-state index in [9.17, 15) is 4.79 Å². The van der Waals surface area contributed by atoms with Gasteiger partial charge in [0.15, 0.2) is 5.11 Å². The lowest BCUT2D eigenvalue weighted by Gasteiger charge is -2.10. The highest BCUT2D eigenvalue weighted by atomic mass is 32.1. The summed E-state index contributed by atoms with van der Waals surface area (Å²) >= 11 is 5.06. The van der Waals surface area contributed by atoms with Gasteiger partial charge in [-0.1, -0.05) is 13.0 Å². The summed E-state index contributed by atoms with van der Waals surface area (Å²) in [6.07, 6.45) is 1.31. The van der Waals surface area contributed by atoms with Crippen LogP contribution in [0.1, 0.15) is 30.9 Å². The molecule has 0 aliphatic rings. The molecule has 2 N–H and O–H groups in total. The normalized spacial score (nSPS) is 9.82. The molecule has 0 aliphatic heterocycles. The molecule has 1 aromatic carbocycles. The molecule has 0 saturated heterocycles. The average Bonchev–Trinajstić information content (AvgIpc) is 2.23. The lowest BCUT2D eigenvalue weighted by Crippen LogP contribution is -2.33. The third-order valence-corrected chi connectivity index (χ3v) is 2.70. The number of anilines is 1. The number of nitrogens with one attached hydrogen (secondary N) is 2. The fraction of sp³-hybridized carbons (Fsp3) is 0.385. The number of thiocarbonyl (C=S) groups is 1. The van der Waals surface area contributed by atoms with Crippen molar-refractivity contribution in [2.24, 2.45) is 0 Å². The lowest BCUT2D eigenvalue weighted by molar-refractivity contribution is -0.119. The molecule has 0 radical (unpaired) electrons. The second-order valence-electron chi connectivity index (χ2n) is 4.05. The van der Waals surface area contributed by atoms with Gasteiger partial charge in [0.1, 0.15) is 0 Å². The molecule has 17 heavy (non-hydrogen) atoms. The SMILES string of the molecule is CCCC(=O)NC(=S)Nc1ccc(C)c(C)c1. The summed E-state index contributed by atoms with van der Waals surface area (Å²) in [6, 6.07) is 5.97. The van der Waals surface area contributed by atoms with E-state index in [0.29, 0.717) is 11.5 Å². The van der Waals surface area contributed by atoms with Crippen molar-refractivity contribution in [2.45, 2.75) is 33.6 Å². The van der Waals surface area contributed by atoms with Gasteiger partial charge in [-0.3, -0.25) is 4.79 Å². The first-order valence-corrected chi connectivity index (χ1v) is 6.12. The van der Waals surface area contributed by atoms with Gasteiger partial charge in [-0.15, -0.1) is 0 Å². The van der Waals surface area contributed by atoms with Crippen molar-refractivity contribution in [1.82, 2.24) is 5.32 Å². The largest absolute Gasteiger partial charge is 0.332 e. The zero-order chi connectivity index (χ0) is 12.8. The van der Waals surface area contributed by atoms with E-state index in [2.05, 4.69) is 17.6 Å². The molecule has 1 aromatic rings. The zero-order valence-electron chi connectivity index (χ0n) is 10.5. The predicted molar refractivity (Wildman–Crippen MR) is 75.2 cm³/mol. The maximum Gasteiger partial charge on any atom is 0.226 e. The molecule has 0 bridgehead atoms. The molecule has 0 heterocycles. The number of carbonyl (C=O) groups excluding carboxylic acids is 1. The monoisotopic (exact) mass is 250 g/mol. The predicted octanol–water partition coefficient (Wildman–Crippen LogP) is 2.92. The Hall–Kier alpha value is -1.42. The maximum atomic E-state index is 11.3. The minimum absolute atomic E-state index is 0.0474. The highest BCUT2D eigenvalue weighted by Crippen LogP contribution is 2.13. The standard InChI is InChI=1S/C13H18N2OS/c1-4-5-12(16)15-13(17)14-11-7-6-9(2)10(3)8-11/h6-8H,4-5H2,1-3H3,(H2,14,15,16,17). The van der Waals surface area contributed by atoms with Crippen LogP contribution in [0.2, 0.25) is 0 Å². The fourth-order valence-corrected chi connectivity index (χ4v) is 1.63. The first-order valence-electron chi connectivity index (χ1n) is 5.71. The van der Waals surface area contributed by atoms with Crippen LogP contribution in [0, 0.1) is 13.8 Å². The van der Waals surface area contributed by atoms with Crippen molar-refractivity contribution in [3.8, 4) is 0 Å². The molecule has 1 amide bonds. The van der Waals surface area contributed by atoms with Crippen LogP contribution in [0.25, 0.3) is 0 Å².